The monoisotopic (exact) mass is 460 g/mol. The first-order valence-electron chi connectivity index (χ1n) is 11.6. The summed E-state index contributed by atoms with van der Waals surface area (Å²) in [6.07, 6.45) is 2.94. The summed E-state index contributed by atoms with van der Waals surface area (Å²) in [5.41, 5.74) is 1.85. The fourth-order valence-corrected chi connectivity index (χ4v) is 4.52. The van der Waals surface area contributed by atoms with E-state index in [1.165, 1.54) is 0 Å². The van der Waals surface area contributed by atoms with Crippen LogP contribution in [0.5, 0.6) is 0 Å². The molecule has 0 radical (unpaired) electrons. The Balaban J connectivity index is 1.24. The van der Waals surface area contributed by atoms with Gasteiger partial charge in [-0.05, 0) is 63.5 Å². The molecule has 0 spiro atoms. The molecule has 1 amide bonds. The van der Waals surface area contributed by atoms with E-state index in [1.807, 2.05) is 31.2 Å². The summed E-state index contributed by atoms with van der Waals surface area (Å²) in [5.74, 6) is 1.65. The third-order valence-corrected chi connectivity index (χ3v) is 6.54. The Morgan fingerprint density at radius 2 is 1.97 bits per heavy atom. The molecule has 1 aromatic carbocycles. The smallest absolute Gasteiger partial charge is 0.226 e. The number of morpholine rings is 1. The third kappa shape index (κ3) is 6.32. The van der Waals surface area contributed by atoms with Gasteiger partial charge in [0, 0.05) is 43.3 Å². The Hall–Kier alpha value is -1.93. The van der Waals surface area contributed by atoms with Crippen LogP contribution in [0.15, 0.2) is 28.7 Å². The number of hydrogen-bond acceptors (Lipinski definition) is 6. The third-order valence-electron chi connectivity index (χ3n) is 6.29. The fraction of sp³-hybridized carbons (Fsp3) is 0.583. The molecule has 2 aliphatic rings. The van der Waals surface area contributed by atoms with Crippen molar-refractivity contribution in [3.63, 3.8) is 0 Å². The molecule has 0 saturated carbocycles. The molecule has 7 nitrogen and oxygen atoms in total. The molecule has 174 valence electrons. The maximum absolute atomic E-state index is 12.7. The number of aryl methyl sites for hydroxylation is 1. The number of nitrogens with one attached hydrogen (secondary N) is 1. The Kier molecular flexibility index (Phi) is 8.19. The van der Waals surface area contributed by atoms with Gasteiger partial charge < -0.3 is 14.5 Å². The highest BCUT2D eigenvalue weighted by Gasteiger charge is 2.27. The second kappa shape index (κ2) is 11.3. The van der Waals surface area contributed by atoms with Gasteiger partial charge in [0.05, 0.1) is 24.8 Å². The zero-order valence-electron chi connectivity index (χ0n) is 18.8. The van der Waals surface area contributed by atoms with Crippen LogP contribution in [0.1, 0.15) is 30.7 Å². The van der Waals surface area contributed by atoms with E-state index in [-0.39, 0.29) is 11.8 Å². The quantitative estimate of drug-likeness (QED) is 0.609. The van der Waals surface area contributed by atoms with Crippen molar-refractivity contribution in [2.45, 2.75) is 32.7 Å². The number of ether oxygens (including phenoxy) is 1. The van der Waals surface area contributed by atoms with Crippen LogP contribution in [0.2, 0.25) is 5.02 Å². The molecule has 0 bridgehead atoms. The number of hydrogen-bond donors (Lipinski definition) is 1. The van der Waals surface area contributed by atoms with Gasteiger partial charge in [-0.2, -0.15) is 0 Å². The summed E-state index contributed by atoms with van der Waals surface area (Å²) in [4.78, 5) is 22.1. The summed E-state index contributed by atoms with van der Waals surface area (Å²) < 4.78 is 11.3. The van der Waals surface area contributed by atoms with Crippen molar-refractivity contribution < 1.29 is 13.9 Å². The van der Waals surface area contributed by atoms with Crippen molar-refractivity contribution in [1.29, 1.82) is 0 Å². The minimum atomic E-state index is 0.0371. The van der Waals surface area contributed by atoms with Crippen molar-refractivity contribution in [3.8, 4) is 11.5 Å². The average Bonchev–Trinajstić information content (AvgIpc) is 3.18. The van der Waals surface area contributed by atoms with Crippen molar-refractivity contribution in [2.75, 3.05) is 52.5 Å². The highest BCUT2D eigenvalue weighted by Crippen LogP contribution is 2.25. The van der Waals surface area contributed by atoms with E-state index in [0.717, 1.165) is 88.8 Å². The predicted octanol–water partition coefficient (Wildman–Crippen LogP) is 3.35. The number of aromatic nitrogens is 1. The lowest BCUT2D eigenvalue weighted by molar-refractivity contribution is -0.126. The van der Waals surface area contributed by atoms with Gasteiger partial charge in [-0.15, -0.1) is 0 Å². The van der Waals surface area contributed by atoms with Crippen LogP contribution in [0.25, 0.3) is 11.5 Å². The highest BCUT2D eigenvalue weighted by atomic mass is 35.5. The zero-order chi connectivity index (χ0) is 22.3. The zero-order valence-corrected chi connectivity index (χ0v) is 19.6. The van der Waals surface area contributed by atoms with Gasteiger partial charge in [0.15, 0.2) is 0 Å². The highest BCUT2D eigenvalue weighted by molar-refractivity contribution is 6.30. The number of likely N-dealkylation sites (tertiary alicyclic amines) is 1. The molecule has 2 saturated heterocycles. The number of carbonyl (C=O) groups is 1. The number of oxazole rings is 1. The minimum Gasteiger partial charge on any atom is -0.441 e. The average molecular weight is 461 g/mol. The van der Waals surface area contributed by atoms with Crippen molar-refractivity contribution >= 4 is 17.5 Å². The van der Waals surface area contributed by atoms with E-state index in [4.69, 9.17) is 25.7 Å². The Bertz CT molecular complexity index is 880. The molecule has 0 aliphatic carbocycles. The van der Waals surface area contributed by atoms with Crippen LogP contribution < -0.4 is 5.32 Å². The van der Waals surface area contributed by atoms with Gasteiger partial charge in [0.1, 0.15) is 5.76 Å². The predicted molar refractivity (Wildman–Crippen MR) is 125 cm³/mol. The van der Waals surface area contributed by atoms with E-state index in [2.05, 4.69) is 15.1 Å². The number of piperidine rings is 1. The molecule has 32 heavy (non-hydrogen) atoms. The van der Waals surface area contributed by atoms with Crippen molar-refractivity contribution in [2.24, 2.45) is 5.92 Å². The minimum absolute atomic E-state index is 0.0371. The van der Waals surface area contributed by atoms with Gasteiger partial charge in [0.2, 0.25) is 11.8 Å². The summed E-state index contributed by atoms with van der Waals surface area (Å²) in [6, 6.07) is 7.51. The Morgan fingerprint density at radius 3 is 2.75 bits per heavy atom. The Morgan fingerprint density at radius 1 is 1.19 bits per heavy atom. The second-order valence-corrected chi connectivity index (χ2v) is 9.14. The van der Waals surface area contributed by atoms with Crippen LogP contribution >= 0.6 is 11.6 Å². The molecule has 8 heteroatoms. The van der Waals surface area contributed by atoms with E-state index in [9.17, 15) is 4.79 Å². The van der Waals surface area contributed by atoms with Gasteiger partial charge in [-0.25, -0.2) is 4.98 Å². The molecule has 2 aromatic rings. The van der Waals surface area contributed by atoms with E-state index >= 15 is 0 Å². The normalized spacial score (nSPS) is 20.4. The molecular formula is C24H33ClN4O3. The Labute approximate surface area is 195 Å². The molecular weight excluding hydrogens is 428 g/mol. The first-order chi connectivity index (χ1) is 15.6. The number of amides is 1. The van der Waals surface area contributed by atoms with Crippen LogP contribution in [-0.4, -0.2) is 73.2 Å². The molecule has 0 unspecified atom stereocenters. The number of halogens is 1. The van der Waals surface area contributed by atoms with Gasteiger partial charge in [-0.1, -0.05) is 11.6 Å². The topological polar surface area (TPSA) is 70.8 Å². The molecule has 2 fully saturated rings. The lowest BCUT2D eigenvalue weighted by atomic mass is 9.97. The van der Waals surface area contributed by atoms with E-state index in [1.54, 1.807) is 0 Å². The maximum Gasteiger partial charge on any atom is 0.226 e. The molecule has 1 aromatic heterocycles. The fourth-order valence-electron chi connectivity index (χ4n) is 4.40. The molecule has 1 atom stereocenters. The summed E-state index contributed by atoms with van der Waals surface area (Å²) >= 11 is 5.98. The van der Waals surface area contributed by atoms with Crippen molar-refractivity contribution in [1.82, 2.24) is 20.1 Å². The maximum atomic E-state index is 12.7. The van der Waals surface area contributed by atoms with Gasteiger partial charge in [-0.3, -0.25) is 14.6 Å². The molecule has 4 rings (SSSR count). The van der Waals surface area contributed by atoms with E-state index in [0.29, 0.717) is 17.5 Å². The summed E-state index contributed by atoms with van der Waals surface area (Å²) in [6.45, 7) is 9.75. The van der Waals surface area contributed by atoms with Crippen LogP contribution in [-0.2, 0) is 16.1 Å². The first-order valence-corrected chi connectivity index (χ1v) is 12.0. The lowest BCUT2D eigenvalue weighted by Crippen LogP contribution is -2.43. The summed E-state index contributed by atoms with van der Waals surface area (Å²) in [5, 5.41) is 3.84. The number of carbonyl (C=O) groups excluding carboxylic acids is 1. The van der Waals surface area contributed by atoms with Crippen LogP contribution in [0.3, 0.4) is 0 Å². The van der Waals surface area contributed by atoms with Crippen molar-refractivity contribution in [3.05, 3.63) is 40.7 Å². The first kappa shape index (κ1) is 23.2. The van der Waals surface area contributed by atoms with Gasteiger partial charge >= 0.3 is 0 Å². The van der Waals surface area contributed by atoms with Gasteiger partial charge in [0.25, 0.3) is 0 Å². The lowest BCUT2D eigenvalue weighted by Gasteiger charge is -2.31. The van der Waals surface area contributed by atoms with E-state index < -0.39 is 0 Å². The van der Waals surface area contributed by atoms with Crippen LogP contribution in [0, 0.1) is 12.8 Å². The number of nitrogens with zero attached hydrogens (tertiary/aromatic N) is 3. The molecule has 3 heterocycles. The van der Waals surface area contributed by atoms with Crippen LogP contribution in [0.4, 0.5) is 0 Å². The largest absolute Gasteiger partial charge is 0.441 e. The molecule has 1 N–H and O–H groups in total. The number of benzene rings is 1. The standard InChI is InChI=1S/C24H33ClN4O3/c1-18-22(27-24(32-18)19-5-7-21(25)8-6-19)17-29-10-2-4-20(16-29)23(30)26-9-3-11-28-12-14-31-15-13-28/h5-8,20H,2-4,9-17H2,1H3,(H,26,30)/t20-/m1/s1. The second-order valence-electron chi connectivity index (χ2n) is 8.70. The molecule has 2 aliphatic heterocycles. The SMILES string of the molecule is Cc1oc(-c2ccc(Cl)cc2)nc1CN1CCC[C@@H](C(=O)NCCCN2CCOCC2)C1. The summed E-state index contributed by atoms with van der Waals surface area (Å²) in [7, 11) is 0. The number of rotatable bonds is 8.